The number of morpholine rings is 2. The van der Waals surface area contributed by atoms with E-state index in [1.54, 1.807) is 23.9 Å². The van der Waals surface area contributed by atoms with Crippen molar-refractivity contribution in [3.63, 3.8) is 0 Å². The summed E-state index contributed by atoms with van der Waals surface area (Å²) >= 11 is 1.66. The Morgan fingerprint density at radius 3 is 2.24 bits per heavy atom. The summed E-state index contributed by atoms with van der Waals surface area (Å²) in [4.78, 5) is 16.2. The predicted octanol–water partition coefficient (Wildman–Crippen LogP) is 2.20. The molecule has 1 amide bonds. The molecule has 0 bridgehead atoms. The lowest BCUT2D eigenvalue weighted by Crippen LogP contribution is -2.42. The number of thioether (sulfide) groups is 1. The molecule has 2 aromatic rings. The van der Waals surface area contributed by atoms with Gasteiger partial charge in [0, 0.05) is 43.2 Å². The van der Waals surface area contributed by atoms with E-state index in [9.17, 15) is 13.2 Å². The molecule has 2 fully saturated rings. The molecule has 0 unspecified atom stereocenters. The number of ether oxygens (including phenoxy) is 2. The molecular formula is C23H29N3O5S2. The molecule has 2 saturated heterocycles. The molecule has 0 radical (unpaired) electrons. The van der Waals surface area contributed by atoms with Gasteiger partial charge < -0.3 is 19.7 Å². The Hall–Kier alpha value is -2.11. The van der Waals surface area contributed by atoms with Crippen LogP contribution in [0.25, 0.3) is 0 Å². The number of carbonyl (C=O) groups is 1. The van der Waals surface area contributed by atoms with Gasteiger partial charge in [-0.3, -0.25) is 4.79 Å². The van der Waals surface area contributed by atoms with Crippen molar-refractivity contribution in [2.45, 2.75) is 16.3 Å². The quantitative estimate of drug-likeness (QED) is 0.594. The second-order valence-electron chi connectivity index (χ2n) is 7.83. The number of nitrogens with zero attached hydrogens (tertiary/aromatic N) is 2. The van der Waals surface area contributed by atoms with E-state index in [1.165, 1.54) is 10.4 Å². The summed E-state index contributed by atoms with van der Waals surface area (Å²) < 4.78 is 39.3. The van der Waals surface area contributed by atoms with Gasteiger partial charge in [-0.05, 0) is 42.2 Å². The van der Waals surface area contributed by atoms with Crippen molar-refractivity contribution in [3.05, 3.63) is 53.6 Å². The van der Waals surface area contributed by atoms with E-state index in [1.807, 2.05) is 35.4 Å². The van der Waals surface area contributed by atoms with Crippen molar-refractivity contribution in [1.29, 1.82) is 0 Å². The summed E-state index contributed by atoms with van der Waals surface area (Å²) in [6.07, 6.45) is 2.01. The van der Waals surface area contributed by atoms with Gasteiger partial charge in [-0.1, -0.05) is 12.1 Å². The molecule has 0 spiro atoms. The average molecular weight is 492 g/mol. The smallest absolute Gasteiger partial charge is 0.251 e. The van der Waals surface area contributed by atoms with E-state index in [0.29, 0.717) is 70.4 Å². The number of hydrogen-bond acceptors (Lipinski definition) is 7. The number of anilines is 1. The Morgan fingerprint density at radius 2 is 1.61 bits per heavy atom. The molecule has 2 heterocycles. The third-order valence-corrected chi connectivity index (χ3v) is 8.45. The summed E-state index contributed by atoms with van der Waals surface area (Å²) in [6.45, 7) is 3.96. The Labute approximate surface area is 199 Å². The average Bonchev–Trinajstić information content (AvgIpc) is 2.88. The van der Waals surface area contributed by atoms with Gasteiger partial charge in [0.15, 0.2) is 0 Å². The van der Waals surface area contributed by atoms with Crippen LogP contribution in [0, 0.1) is 0 Å². The van der Waals surface area contributed by atoms with Gasteiger partial charge in [0.25, 0.3) is 5.91 Å². The van der Waals surface area contributed by atoms with Crippen molar-refractivity contribution >= 4 is 33.4 Å². The number of sulfonamides is 1. The highest BCUT2D eigenvalue weighted by Gasteiger charge is 2.31. The van der Waals surface area contributed by atoms with Crippen LogP contribution < -0.4 is 10.2 Å². The van der Waals surface area contributed by atoms with Gasteiger partial charge in [0.1, 0.15) is 4.90 Å². The third kappa shape index (κ3) is 5.70. The van der Waals surface area contributed by atoms with Crippen molar-refractivity contribution in [2.75, 3.05) is 63.8 Å². The molecule has 2 aliphatic rings. The highest BCUT2D eigenvalue weighted by Crippen LogP contribution is 2.30. The fourth-order valence-electron chi connectivity index (χ4n) is 3.88. The number of amides is 1. The zero-order valence-electron chi connectivity index (χ0n) is 18.7. The molecule has 0 atom stereocenters. The Bertz CT molecular complexity index is 1060. The van der Waals surface area contributed by atoms with Crippen LogP contribution in [0.15, 0.2) is 52.3 Å². The lowest BCUT2D eigenvalue weighted by molar-refractivity contribution is 0.0730. The maximum atomic E-state index is 13.5. The van der Waals surface area contributed by atoms with Gasteiger partial charge in [0.2, 0.25) is 10.0 Å². The summed E-state index contributed by atoms with van der Waals surface area (Å²) in [5, 5.41) is 2.90. The highest BCUT2D eigenvalue weighted by atomic mass is 32.2. The number of rotatable bonds is 7. The largest absolute Gasteiger partial charge is 0.379 e. The SMILES string of the molecule is CSc1ccc(CNC(=O)c2ccc(N3CCOCC3)c(S(=O)(=O)N3CCOCC3)c2)cc1. The van der Waals surface area contributed by atoms with Gasteiger partial charge in [0.05, 0.1) is 32.1 Å². The predicted molar refractivity (Wildman–Crippen MR) is 128 cm³/mol. The van der Waals surface area contributed by atoms with Crippen molar-refractivity contribution in [1.82, 2.24) is 9.62 Å². The first-order chi connectivity index (χ1) is 16.0. The zero-order chi connectivity index (χ0) is 23.3. The number of nitrogens with one attached hydrogen (secondary N) is 1. The van der Waals surface area contributed by atoms with Gasteiger partial charge in [-0.15, -0.1) is 11.8 Å². The van der Waals surface area contributed by atoms with Gasteiger partial charge >= 0.3 is 0 Å². The van der Waals surface area contributed by atoms with E-state index in [4.69, 9.17) is 9.47 Å². The first-order valence-electron chi connectivity index (χ1n) is 10.9. The van der Waals surface area contributed by atoms with Crippen LogP contribution in [0.5, 0.6) is 0 Å². The molecule has 2 aromatic carbocycles. The van der Waals surface area contributed by atoms with Gasteiger partial charge in [-0.25, -0.2) is 8.42 Å². The monoisotopic (exact) mass is 491 g/mol. The molecule has 8 nitrogen and oxygen atoms in total. The Kier molecular flexibility index (Phi) is 7.92. The van der Waals surface area contributed by atoms with E-state index in [0.717, 1.165) is 10.5 Å². The summed E-state index contributed by atoms with van der Waals surface area (Å²) in [5.41, 5.74) is 1.90. The van der Waals surface area contributed by atoms with Crippen molar-refractivity contribution in [3.8, 4) is 0 Å². The molecule has 0 aliphatic carbocycles. The van der Waals surface area contributed by atoms with E-state index >= 15 is 0 Å². The van der Waals surface area contributed by atoms with Crippen LogP contribution in [0.1, 0.15) is 15.9 Å². The number of benzene rings is 2. The Balaban J connectivity index is 1.59. The molecule has 33 heavy (non-hydrogen) atoms. The van der Waals surface area contributed by atoms with Crippen LogP contribution in [0.2, 0.25) is 0 Å². The van der Waals surface area contributed by atoms with E-state index in [-0.39, 0.29) is 10.8 Å². The van der Waals surface area contributed by atoms with Crippen LogP contribution >= 0.6 is 11.8 Å². The second kappa shape index (κ2) is 10.9. The topological polar surface area (TPSA) is 88.2 Å². The lowest BCUT2D eigenvalue weighted by atomic mass is 10.1. The molecule has 4 rings (SSSR count). The molecular weight excluding hydrogens is 462 g/mol. The molecule has 2 aliphatic heterocycles. The van der Waals surface area contributed by atoms with Crippen LogP contribution in [-0.4, -0.2) is 77.5 Å². The Morgan fingerprint density at radius 1 is 0.970 bits per heavy atom. The maximum absolute atomic E-state index is 13.5. The van der Waals surface area contributed by atoms with E-state index < -0.39 is 10.0 Å². The number of carbonyl (C=O) groups excluding carboxylic acids is 1. The van der Waals surface area contributed by atoms with Crippen molar-refractivity contribution in [2.24, 2.45) is 0 Å². The zero-order valence-corrected chi connectivity index (χ0v) is 20.3. The first-order valence-corrected chi connectivity index (χ1v) is 13.6. The molecule has 0 aromatic heterocycles. The van der Waals surface area contributed by atoms with Crippen LogP contribution in [0.4, 0.5) is 5.69 Å². The maximum Gasteiger partial charge on any atom is 0.251 e. The highest BCUT2D eigenvalue weighted by molar-refractivity contribution is 7.98. The molecule has 1 N–H and O–H groups in total. The molecule has 10 heteroatoms. The lowest BCUT2D eigenvalue weighted by Gasteiger charge is -2.32. The summed E-state index contributed by atoms with van der Waals surface area (Å²) in [7, 11) is -3.78. The molecule has 0 saturated carbocycles. The van der Waals surface area contributed by atoms with E-state index in [2.05, 4.69) is 5.32 Å². The first kappa shape index (κ1) is 24.0. The third-order valence-electron chi connectivity index (χ3n) is 5.77. The standard InChI is InChI=1S/C23H29N3O5S2/c1-32-20-5-2-18(3-6-20)17-24-23(27)19-4-7-21(25-8-12-30-13-9-25)22(16-19)33(28,29)26-10-14-31-15-11-26/h2-7,16H,8-15,17H2,1H3,(H,24,27). The van der Waals surface area contributed by atoms with Crippen LogP contribution in [-0.2, 0) is 26.0 Å². The van der Waals surface area contributed by atoms with Crippen LogP contribution in [0.3, 0.4) is 0 Å². The minimum absolute atomic E-state index is 0.156. The minimum atomic E-state index is -3.78. The number of hydrogen-bond donors (Lipinski definition) is 1. The fraction of sp³-hybridized carbons (Fsp3) is 0.435. The fourth-order valence-corrected chi connectivity index (χ4v) is 5.93. The second-order valence-corrected chi connectivity index (χ2v) is 10.6. The summed E-state index contributed by atoms with van der Waals surface area (Å²) in [5.74, 6) is -0.309. The molecule has 178 valence electrons. The van der Waals surface area contributed by atoms with Crippen molar-refractivity contribution < 1.29 is 22.7 Å². The normalized spacial score (nSPS) is 17.7. The summed E-state index contributed by atoms with van der Waals surface area (Å²) in [6, 6.07) is 12.9. The minimum Gasteiger partial charge on any atom is -0.379 e. The van der Waals surface area contributed by atoms with Gasteiger partial charge in [-0.2, -0.15) is 4.31 Å².